The number of amides is 1. The first-order valence-corrected chi connectivity index (χ1v) is 10.8. The Kier molecular flexibility index (Phi) is 5.85. The number of anilines is 1. The summed E-state index contributed by atoms with van der Waals surface area (Å²) in [4.78, 5) is 29.9. The predicted molar refractivity (Wildman–Crippen MR) is 116 cm³/mol. The number of hydrogen-bond acceptors (Lipinski definition) is 5. The Morgan fingerprint density at radius 1 is 1.20 bits per heavy atom. The largest absolute Gasteiger partial charge is 0.323 e. The molecule has 0 bridgehead atoms. The Bertz CT molecular complexity index is 1320. The lowest BCUT2D eigenvalue weighted by Gasteiger charge is -2.13. The van der Waals surface area contributed by atoms with E-state index < -0.39 is 17.5 Å². The third kappa shape index (κ3) is 4.09. The van der Waals surface area contributed by atoms with E-state index in [-0.39, 0.29) is 22.2 Å². The van der Waals surface area contributed by atoms with Gasteiger partial charge in [0.05, 0.1) is 27.7 Å². The van der Waals surface area contributed by atoms with Crippen molar-refractivity contribution >= 4 is 56.5 Å². The molecule has 0 aliphatic rings. The number of halogens is 3. The molecular formula is C20H12ClF2N3O2S2. The van der Waals surface area contributed by atoms with Crippen molar-refractivity contribution in [3.05, 3.63) is 80.9 Å². The lowest BCUT2D eigenvalue weighted by Crippen LogP contribution is -2.22. The maximum atomic E-state index is 13.8. The monoisotopic (exact) mass is 463 g/mol. The SMILES string of the molecule is O=C(CSc1nc2ccsc2c(=O)n1-c1ccccc1Cl)Nc1ccc(F)cc1F. The minimum Gasteiger partial charge on any atom is -0.323 e. The van der Waals surface area contributed by atoms with E-state index in [4.69, 9.17) is 11.6 Å². The average molecular weight is 464 g/mol. The van der Waals surface area contributed by atoms with Gasteiger partial charge in [0.25, 0.3) is 5.56 Å². The second kappa shape index (κ2) is 8.55. The molecule has 0 saturated carbocycles. The molecule has 0 fully saturated rings. The predicted octanol–water partition coefficient (Wildman–Crippen LogP) is 5.11. The van der Waals surface area contributed by atoms with Gasteiger partial charge in [-0.2, -0.15) is 0 Å². The van der Waals surface area contributed by atoms with E-state index in [9.17, 15) is 18.4 Å². The minimum atomic E-state index is -0.876. The van der Waals surface area contributed by atoms with Gasteiger partial charge < -0.3 is 5.32 Å². The number of nitrogens with zero attached hydrogens (tertiary/aromatic N) is 2. The van der Waals surface area contributed by atoms with Crippen LogP contribution in [0.2, 0.25) is 5.02 Å². The topological polar surface area (TPSA) is 64.0 Å². The second-order valence-corrected chi connectivity index (χ2v) is 8.35. The van der Waals surface area contributed by atoms with Gasteiger partial charge in [-0.3, -0.25) is 14.2 Å². The zero-order chi connectivity index (χ0) is 21.3. The van der Waals surface area contributed by atoms with Crippen LogP contribution in [-0.2, 0) is 4.79 Å². The van der Waals surface area contributed by atoms with Gasteiger partial charge in [0.2, 0.25) is 5.91 Å². The Labute approximate surface area is 182 Å². The zero-order valence-electron chi connectivity index (χ0n) is 15.1. The highest BCUT2D eigenvalue weighted by Gasteiger charge is 2.17. The van der Waals surface area contributed by atoms with Crippen molar-refractivity contribution < 1.29 is 13.6 Å². The Balaban J connectivity index is 1.65. The average Bonchev–Trinajstić information content (AvgIpc) is 3.18. The standard InChI is InChI=1S/C20H12ClF2N3O2S2/c21-12-3-1-2-4-16(12)26-19(28)18-15(7-8-29-18)25-20(26)30-10-17(27)24-14-6-5-11(22)9-13(14)23/h1-9H,10H2,(H,24,27). The molecule has 2 aromatic heterocycles. The van der Waals surface area contributed by atoms with Crippen molar-refractivity contribution in [3.63, 3.8) is 0 Å². The molecule has 4 rings (SSSR count). The van der Waals surface area contributed by atoms with E-state index in [0.29, 0.717) is 27.0 Å². The Hall–Kier alpha value is -2.75. The first kappa shape index (κ1) is 20.5. The van der Waals surface area contributed by atoms with Gasteiger partial charge >= 0.3 is 0 Å². The number of para-hydroxylation sites is 1. The van der Waals surface area contributed by atoms with Gasteiger partial charge in [-0.15, -0.1) is 11.3 Å². The van der Waals surface area contributed by atoms with E-state index in [0.717, 1.165) is 23.9 Å². The van der Waals surface area contributed by atoms with Crippen LogP contribution in [0.1, 0.15) is 0 Å². The van der Waals surface area contributed by atoms with Crippen molar-refractivity contribution in [1.82, 2.24) is 9.55 Å². The highest BCUT2D eigenvalue weighted by atomic mass is 35.5. The molecule has 0 saturated heterocycles. The number of carbonyl (C=O) groups is 1. The summed E-state index contributed by atoms with van der Waals surface area (Å²) in [6.45, 7) is 0. The summed E-state index contributed by atoms with van der Waals surface area (Å²) in [5, 5.41) is 4.77. The van der Waals surface area contributed by atoms with Crippen LogP contribution >= 0.6 is 34.7 Å². The molecule has 5 nitrogen and oxygen atoms in total. The Morgan fingerprint density at radius 2 is 2.00 bits per heavy atom. The lowest BCUT2D eigenvalue weighted by molar-refractivity contribution is -0.113. The van der Waals surface area contributed by atoms with Crippen LogP contribution in [0.25, 0.3) is 15.9 Å². The smallest absolute Gasteiger partial charge is 0.276 e. The molecule has 1 N–H and O–H groups in total. The second-order valence-electron chi connectivity index (χ2n) is 6.08. The van der Waals surface area contributed by atoms with E-state index in [1.54, 1.807) is 35.7 Å². The fraction of sp³-hybridized carbons (Fsp3) is 0.0500. The van der Waals surface area contributed by atoms with Crippen LogP contribution in [0.4, 0.5) is 14.5 Å². The van der Waals surface area contributed by atoms with Crippen molar-refractivity contribution in [3.8, 4) is 5.69 Å². The minimum absolute atomic E-state index is 0.133. The van der Waals surface area contributed by atoms with Crippen LogP contribution < -0.4 is 10.9 Å². The number of carbonyl (C=O) groups excluding carboxylic acids is 1. The van der Waals surface area contributed by atoms with E-state index in [1.165, 1.54) is 15.9 Å². The molecular weight excluding hydrogens is 452 g/mol. The van der Waals surface area contributed by atoms with Gasteiger partial charge in [0.1, 0.15) is 16.3 Å². The van der Waals surface area contributed by atoms with Crippen LogP contribution in [-0.4, -0.2) is 21.2 Å². The van der Waals surface area contributed by atoms with Gasteiger partial charge in [-0.1, -0.05) is 35.5 Å². The summed E-state index contributed by atoms with van der Waals surface area (Å²) in [6.07, 6.45) is 0. The molecule has 4 aromatic rings. The Morgan fingerprint density at radius 3 is 2.77 bits per heavy atom. The summed E-state index contributed by atoms with van der Waals surface area (Å²) in [5.74, 6) is -2.30. The first-order valence-electron chi connectivity index (χ1n) is 8.57. The van der Waals surface area contributed by atoms with Crippen LogP contribution in [0, 0.1) is 11.6 Å². The van der Waals surface area contributed by atoms with Crippen LogP contribution in [0.5, 0.6) is 0 Å². The molecule has 30 heavy (non-hydrogen) atoms. The summed E-state index contributed by atoms with van der Waals surface area (Å²) < 4.78 is 28.6. The number of thioether (sulfide) groups is 1. The zero-order valence-corrected chi connectivity index (χ0v) is 17.5. The molecule has 0 atom stereocenters. The summed E-state index contributed by atoms with van der Waals surface area (Å²) in [7, 11) is 0. The molecule has 10 heteroatoms. The fourth-order valence-electron chi connectivity index (χ4n) is 2.74. The van der Waals surface area contributed by atoms with Crippen molar-refractivity contribution in [2.75, 3.05) is 11.1 Å². The molecule has 0 aliphatic carbocycles. The molecule has 0 unspecified atom stereocenters. The fourth-order valence-corrected chi connectivity index (χ4v) is 4.53. The molecule has 0 radical (unpaired) electrons. The van der Waals surface area contributed by atoms with Crippen molar-refractivity contribution in [2.24, 2.45) is 0 Å². The number of aromatic nitrogens is 2. The normalized spacial score (nSPS) is 11.0. The molecule has 152 valence electrons. The molecule has 2 heterocycles. The van der Waals surface area contributed by atoms with E-state index >= 15 is 0 Å². The number of thiophene rings is 1. The maximum absolute atomic E-state index is 13.8. The van der Waals surface area contributed by atoms with Crippen molar-refractivity contribution in [1.29, 1.82) is 0 Å². The van der Waals surface area contributed by atoms with Gasteiger partial charge in [0, 0.05) is 6.07 Å². The molecule has 1 amide bonds. The van der Waals surface area contributed by atoms with Gasteiger partial charge in [-0.25, -0.2) is 13.8 Å². The number of fused-ring (bicyclic) bond motifs is 1. The summed E-state index contributed by atoms with van der Waals surface area (Å²) in [6, 6.07) is 11.4. The molecule has 0 aliphatic heterocycles. The van der Waals surface area contributed by atoms with Gasteiger partial charge in [-0.05, 0) is 35.7 Å². The number of hydrogen-bond donors (Lipinski definition) is 1. The number of nitrogens with one attached hydrogen (secondary N) is 1. The number of benzene rings is 2. The van der Waals surface area contributed by atoms with Gasteiger partial charge in [0.15, 0.2) is 5.16 Å². The van der Waals surface area contributed by atoms with Crippen molar-refractivity contribution in [2.45, 2.75) is 5.16 Å². The summed E-state index contributed by atoms with van der Waals surface area (Å²) in [5.41, 5.74) is 0.530. The molecule has 2 aromatic carbocycles. The third-order valence-electron chi connectivity index (χ3n) is 4.08. The molecule has 0 spiro atoms. The van der Waals surface area contributed by atoms with Crippen LogP contribution in [0.3, 0.4) is 0 Å². The van der Waals surface area contributed by atoms with Crippen LogP contribution in [0.15, 0.2) is 63.9 Å². The van der Waals surface area contributed by atoms with E-state index in [2.05, 4.69) is 10.3 Å². The number of rotatable bonds is 5. The third-order valence-corrected chi connectivity index (χ3v) is 6.23. The first-order chi connectivity index (χ1) is 14.4. The quantitative estimate of drug-likeness (QED) is 0.330. The maximum Gasteiger partial charge on any atom is 0.276 e. The summed E-state index contributed by atoms with van der Waals surface area (Å²) >= 11 is 8.56. The highest BCUT2D eigenvalue weighted by molar-refractivity contribution is 7.99. The highest BCUT2D eigenvalue weighted by Crippen LogP contribution is 2.27. The van der Waals surface area contributed by atoms with E-state index in [1.807, 2.05) is 0 Å². The lowest BCUT2D eigenvalue weighted by atomic mass is 10.3.